The monoisotopic (exact) mass is 270 g/mol. The number of carboxylic acids is 1. The standard InChI is InChI=1S/C11H14N2O4S/c14-11(15)6-3-9-1-4-10(5-2-9)13-8-7-12-18(13,16)17/h1-2,4-5,12H,3,6-8H2,(H,14,15). The molecule has 2 N–H and O–H groups in total. The van der Waals surface area contributed by atoms with Gasteiger partial charge in [-0.15, -0.1) is 0 Å². The molecule has 1 aromatic carbocycles. The maximum atomic E-state index is 11.6. The molecule has 7 heteroatoms. The number of nitrogens with zero attached hydrogens (tertiary/aromatic N) is 1. The van der Waals surface area contributed by atoms with Crippen molar-refractivity contribution in [1.82, 2.24) is 4.72 Å². The number of nitrogens with one attached hydrogen (secondary N) is 1. The number of aliphatic carboxylic acids is 1. The fourth-order valence-electron chi connectivity index (χ4n) is 1.82. The molecular formula is C11H14N2O4S. The second kappa shape index (κ2) is 4.95. The SMILES string of the molecule is O=C(O)CCc1ccc(N2CCNS2(=O)=O)cc1. The molecule has 6 nitrogen and oxygen atoms in total. The topological polar surface area (TPSA) is 86.7 Å². The van der Waals surface area contributed by atoms with Crippen molar-refractivity contribution in [1.29, 1.82) is 0 Å². The summed E-state index contributed by atoms with van der Waals surface area (Å²) in [5, 5.41) is 8.57. The lowest BCUT2D eigenvalue weighted by Gasteiger charge is -2.15. The van der Waals surface area contributed by atoms with Crippen molar-refractivity contribution in [3.05, 3.63) is 29.8 Å². The predicted octanol–water partition coefficient (Wildman–Crippen LogP) is 0.358. The Kier molecular flexibility index (Phi) is 3.53. The van der Waals surface area contributed by atoms with Crippen LogP contribution in [0.15, 0.2) is 24.3 Å². The molecule has 0 aliphatic carbocycles. The van der Waals surface area contributed by atoms with Crippen LogP contribution in [0.4, 0.5) is 5.69 Å². The average molecular weight is 270 g/mol. The number of aryl methyl sites for hydroxylation is 1. The molecule has 1 aliphatic heterocycles. The van der Waals surface area contributed by atoms with Crippen molar-refractivity contribution in [2.24, 2.45) is 0 Å². The van der Waals surface area contributed by atoms with E-state index in [1.165, 1.54) is 4.31 Å². The molecule has 18 heavy (non-hydrogen) atoms. The van der Waals surface area contributed by atoms with Crippen molar-refractivity contribution in [3.63, 3.8) is 0 Å². The molecular weight excluding hydrogens is 256 g/mol. The van der Waals surface area contributed by atoms with Crippen molar-refractivity contribution in [2.45, 2.75) is 12.8 Å². The number of hydrogen-bond donors (Lipinski definition) is 2. The van der Waals surface area contributed by atoms with E-state index >= 15 is 0 Å². The summed E-state index contributed by atoms with van der Waals surface area (Å²) in [5.41, 5.74) is 1.48. The molecule has 0 atom stereocenters. The Morgan fingerprint density at radius 3 is 2.50 bits per heavy atom. The Hall–Kier alpha value is -1.60. The summed E-state index contributed by atoms with van der Waals surface area (Å²) >= 11 is 0. The number of benzene rings is 1. The highest BCUT2D eigenvalue weighted by Crippen LogP contribution is 2.20. The van der Waals surface area contributed by atoms with Gasteiger partial charge in [0, 0.05) is 19.5 Å². The van der Waals surface area contributed by atoms with Crippen molar-refractivity contribution < 1.29 is 18.3 Å². The molecule has 0 spiro atoms. The van der Waals surface area contributed by atoms with E-state index in [0.717, 1.165) is 5.56 Å². The molecule has 1 aliphatic rings. The predicted molar refractivity (Wildman–Crippen MR) is 66.7 cm³/mol. The molecule has 1 fully saturated rings. The zero-order valence-corrected chi connectivity index (χ0v) is 10.5. The van der Waals surface area contributed by atoms with Gasteiger partial charge in [0.25, 0.3) is 0 Å². The van der Waals surface area contributed by atoms with Crippen LogP contribution in [-0.4, -0.2) is 32.6 Å². The molecule has 0 radical (unpaired) electrons. The normalized spacial score (nSPS) is 17.9. The van der Waals surface area contributed by atoms with E-state index in [1.54, 1.807) is 24.3 Å². The fraction of sp³-hybridized carbons (Fsp3) is 0.364. The number of anilines is 1. The lowest BCUT2D eigenvalue weighted by molar-refractivity contribution is -0.136. The van der Waals surface area contributed by atoms with Crippen LogP contribution in [0.2, 0.25) is 0 Å². The molecule has 1 saturated heterocycles. The zero-order chi connectivity index (χ0) is 13.2. The van der Waals surface area contributed by atoms with Crippen molar-refractivity contribution >= 4 is 21.9 Å². The van der Waals surface area contributed by atoms with Crippen LogP contribution in [0, 0.1) is 0 Å². The van der Waals surface area contributed by atoms with Gasteiger partial charge in [-0.05, 0) is 24.1 Å². The number of carboxylic acid groups (broad SMARTS) is 1. The molecule has 0 aromatic heterocycles. The highest BCUT2D eigenvalue weighted by Gasteiger charge is 2.27. The third-order valence-corrected chi connectivity index (χ3v) is 4.28. The van der Waals surface area contributed by atoms with Crippen molar-refractivity contribution in [3.8, 4) is 0 Å². The van der Waals surface area contributed by atoms with Gasteiger partial charge in [0.1, 0.15) is 0 Å². The summed E-state index contributed by atoms with van der Waals surface area (Å²) in [5.74, 6) is -0.842. The highest BCUT2D eigenvalue weighted by molar-refractivity contribution is 7.91. The first-order valence-corrected chi connectivity index (χ1v) is 7.01. The van der Waals surface area contributed by atoms with E-state index in [4.69, 9.17) is 5.11 Å². The summed E-state index contributed by atoms with van der Waals surface area (Å²) in [4.78, 5) is 10.4. The van der Waals surface area contributed by atoms with Crippen LogP contribution < -0.4 is 9.03 Å². The van der Waals surface area contributed by atoms with E-state index in [2.05, 4.69) is 4.72 Å². The Morgan fingerprint density at radius 2 is 2.00 bits per heavy atom. The first-order valence-electron chi connectivity index (χ1n) is 5.57. The van der Waals surface area contributed by atoms with Gasteiger partial charge in [-0.25, -0.2) is 0 Å². The van der Waals surface area contributed by atoms with Crippen LogP contribution in [-0.2, 0) is 21.4 Å². The van der Waals surface area contributed by atoms with Crippen molar-refractivity contribution in [2.75, 3.05) is 17.4 Å². The lowest BCUT2D eigenvalue weighted by atomic mass is 10.1. The maximum Gasteiger partial charge on any atom is 0.303 e. The number of hydrogen-bond acceptors (Lipinski definition) is 3. The van der Waals surface area contributed by atoms with Crippen LogP contribution >= 0.6 is 0 Å². The Bertz CT molecular complexity index is 539. The third-order valence-electron chi connectivity index (χ3n) is 2.74. The number of carbonyl (C=O) groups is 1. The summed E-state index contributed by atoms with van der Waals surface area (Å²) in [6.07, 6.45) is 0.517. The molecule has 0 bridgehead atoms. The van der Waals surface area contributed by atoms with E-state index < -0.39 is 16.2 Å². The van der Waals surface area contributed by atoms with Gasteiger partial charge in [-0.3, -0.25) is 9.10 Å². The van der Waals surface area contributed by atoms with E-state index in [0.29, 0.717) is 25.2 Å². The van der Waals surface area contributed by atoms with Crippen LogP contribution in [0.3, 0.4) is 0 Å². The minimum atomic E-state index is -3.39. The summed E-state index contributed by atoms with van der Waals surface area (Å²) in [6.45, 7) is 0.819. The third kappa shape index (κ3) is 2.80. The largest absolute Gasteiger partial charge is 0.481 e. The van der Waals surface area contributed by atoms with Crippen LogP contribution in [0.25, 0.3) is 0 Å². The van der Waals surface area contributed by atoms with Crippen LogP contribution in [0.5, 0.6) is 0 Å². The molecule has 0 amide bonds. The quantitative estimate of drug-likeness (QED) is 0.827. The molecule has 2 rings (SSSR count). The van der Waals surface area contributed by atoms with Gasteiger partial charge in [0.05, 0.1) is 5.69 Å². The van der Waals surface area contributed by atoms with E-state index in [9.17, 15) is 13.2 Å². The fourth-order valence-corrected chi connectivity index (χ4v) is 3.06. The van der Waals surface area contributed by atoms with Gasteiger partial charge in [0.2, 0.25) is 0 Å². The molecule has 1 heterocycles. The summed E-state index contributed by atoms with van der Waals surface area (Å²) < 4.78 is 26.9. The van der Waals surface area contributed by atoms with Gasteiger partial charge in [-0.1, -0.05) is 12.1 Å². The Labute approximate surface area is 105 Å². The number of rotatable bonds is 4. The average Bonchev–Trinajstić information content (AvgIpc) is 2.67. The summed E-state index contributed by atoms with van der Waals surface area (Å²) in [7, 11) is -3.39. The van der Waals surface area contributed by atoms with Gasteiger partial charge in [-0.2, -0.15) is 13.1 Å². The molecule has 1 aromatic rings. The van der Waals surface area contributed by atoms with E-state index in [-0.39, 0.29) is 6.42 Å². The van der Waals surface area contributed by atoms with Gasteiger partial charge < -0.3 is 5.11 Å². The smallest absolute Gasteiger partial charge is 0.303 e. The Morgan fingerprint density at radius 1 is 1.33 bits per heavy atom. The maximum absolute atomic E-state index is 11.6. The van der Waals surface area contributed by atoms with Crippen LogP contribution in [0.1, 0.15) is 12.0 Å². The second-order valence-corrected chi connectivity index (χ2v) is 5.71. The van der Waals surface area contributed by atoms with Gasteiger partial charge >= 0.3 is 16.2 Å². The van der Waals surface area contributed by atoms with Gasteiger partial charge in [0.15, 0.2) is 0 Å². The van der Waals surface area contributed by atoms with E-state index in [1.807, 2.05) is 0 Å². The molecule has 98 valence electrons. The Balaban J connectivity index is 2.10. The first-order chi connectivity index (χ1) is 8.49. The molecule has 0 unspecified atom stereocenters. The minimum absolute atomic E-state index is 0.0723. The zero-order valence-electron chi connectivity index (χ0n) is 9.67. The molecule has 0 saturated carbocycles. The first kappa shape index (κ1) is 12.8. The summed E-state index contributed by atoms with van der Waals surface area (Å²) in [6, 6.07) is 6.90. The highest BCUT2D eigenvalue weighted by atomic mass is 32.2. The lowest BCUT2D eigenvalue weighted by Crippen LogP contribution is -2.29. The second-order valence-electron chi connectivity index (χ2n) is 4.03. The minimum Gasteiger partial charge on any atom is -0.481 e.